The van der Waals surface area contributed by atoms with E-state index >= 15 is 0 Å². The summed E-state index contributed by atoms with van der Waals surface area (Å²) in [5, 5.41) is 9.69. The second-order valence-corrected chi connectivity index (χ2v) is 6.58. The average Bonchev–Trinajstić information content (AvgIpc) is 2.91. The number of aliphatic hydroxyl groups excluding tert-OH is 1. The number of aromatic nitrogens is 3. The highest BCUT2D eigenvalue weighted by molar-refractivity contribution is 6.30. The van der Waals surface area contributed by atoms with Gasteiger partial charge in [0, 0.05) is 38.0 Å². The minimum atomic E-state index is -0.363. The van der Waals surface area contributed by atoms with Crippen molar-refractivity contribution in [1.82, 2.24) is 13.7 Å². The van der Waals surface area contributed by atoms with Crippen LogP contribution in [-0.2, 0) is 20.1 Å². The van der Waals surface area contributed by atoms with E-state index in [4.69, 9.17) is 16.7 Å². The highest BCUT2D eigenvalue weighted by Crippen LogP contribution is 2.18. The molecule has 3 rings (SSSR count). The molecule has 0 radical (unpaired) electrons. The Bertz CT molecular complexity index is 1030. The van der Waals surface area contributed by atoms with Gasteiger partial charge in [-0.25, -0.2) is 4.79 Å². The Kier molecular flexibility index (Phi) is 4.83. The molecular formula is C18H20ClN3O3. The molecule has 0 aliphatic rings. The molecule has 0 saturated carbocycles. The number of benzene rings is 1. The number of fused-ring (bicyclic) bond motifs is 1. The Hall–Kier alpha value is -2.31. The van der Waals surface area contributed by atoms with Crippen molar-refractivity contribution in [2.45, 2.75) is 26.4 Å². The van der Waals surface area contributed by atoms with E-state index in [1.165, 1.54) is 9.13 Å². The quantitative estimate of drug-likeness (QED) is 0.754. The van der Waals surface area contributed by atoms with E-state index in [-0.39, 0.29) is 24.4 Å². The van der Waals surface area contributed by atoms with Crippen LogP contribution in [0.3, 0.4) is 0 Å². The van der Waals surface area contributed by atoms with E-state index in [0.29, 0.717) is 29.0 Å². The second-order valence-electron chi connectivity index (χ2n) is 6.14. The SMILES string of the molecule is Cc1cn(Cc2ccc(Cl)cc2)c2c(=O)n(CCCO)c(=O)n(C)c12. The molecular weight excluding hydrogens is 342 g/mol. The molecule has 0 amide bonds. The topological polar surface area (TPSA) is 69.2 Å². The van der Waals surface area contributed by atoms with Crippen LogP contribution in [0.5, 0.6) is 0 Å². The molecule has 1 aromatic carbocycles. The van der Waals surface area contributed by atoms with Crippen LogP contribution in [-0.4, -0.2) is 25.4 Å². The summed E-state index contributed by atoms with van der Waals surface area (Å²) in [6, 6.07) is 7.45. The Balaban J connectivity index is 2.20. The standard InChI is InChI=1S/C18H20ClN3O3/c1-12-10-21(11-13-4-6-14(19)7-5-13)16-15(12)20(2)18(25)22(17(16)24)8-3-9-23/h4-7,10,23H,3,8-9,11H2,1-2H3. The number of nitrogens with zero attached hydrogens (tertiary/aromatic N) is 3. The van der Waals surface area contributed by atoms with Gasteiger partial charge in [0.2, 0.25) is 0 Å². The third-order valence-electron chi connectivity index (χ3n) is 4.34. The van der Waals surface area contributed by atoms with Crippen LogP contribution in [0.1, 0.15) is 17.5 Å². The van der Waals surface area contributed by atoms with Gasteiger partial charge in [-0.15, -0.1) is 0 Å². The van der Waals surface area contributed by atoms with Crippen molar-refractivity contribution in [2.75, 3.05) is 6.61 Å². The van der Waals surface area contributed by atoms with Gasteiger partial charge in [-0.3, -0.25) is 13.9 Å². The van der Waals surface area contributed by atoms with Crippen molar-refractivity contribution >= 4 is 22.6 Å². The lowest BCUT2D eigenvalue weighted by Crippen LogP contribution is -2.39. The van der Waals surface area contributed by atoms with Crippen LogP contribution < -0.4 is 11.2 Å². The van der Waals surface area contributed by atoms with Crippen molar-refractivity contribution in [2.24, 2.45) is 7.05 Å². The van der Waals surface area contributed by atoms with E-state index in [1.807, 2.05) is 42.0 Å². The molecule has 0 aliphatic heterocycles. The van der Waals surface area contributed by atoms with E-state index in [9.17, 15) is 9.59 Å². The number of hydrogen-bond acceptors (Lipinski definition) is 3. The van der Waals surface area contributed by atoms with Crippen LogP contribution >= 0.6 is 11.6 Å². The monoisotopic (exact) mass is 361 g/mol. The molecule has 1 N–H and O–H groups in total. The normalized spacial score (nSPS) is 11.4. The van der Waals surface area contributed by atoms with Crippen molar-refractivity contribution in [3.8, 4) is 0 Å². The number of aryl methyl sites for hydroxylation is 2. The Morgan fingerprint density at radius 2 is 1.80 bits per heavy atom. The van der Waals surface area contributed by atoms with Gasteiger partial charge >= 0.3 is 5.69 Å². The lowest BCUT2D eigenvalue weighted by atomic mass is 10.2. The minimum absolute atomic E-state index is 0.0710. The summed E-state index contributed by atoms with van der Waals surface area (Å²) in [7, 11) is 1.67. The molecule has 0 atom stereocenters. The van der Waals surface area contributed by atoms with E-state index in [0.717, 1.165) is 11.1 Å². The lowest BCUT2D eigenvalue weighted by Gasteiger charge is -2.11. The zero-order valence-corrected chi connectivity index (χ0v) is 15.0. The fourth-order valence-electron chi connectivity index (χ4n) is 3.16. The van der Waals surface area contributed by atoms with Gasteiger partial charge in [-0.2, -0.15) is 0 Å². The van der Waals surface area contributed by atoms with Crippen LogP contribution in [0.25, 0.3) is 11.0 Å². The summed E-state index contributed by atoms with van der Waals surface area (Å²) in [6.45, 7) is 2.52. The summed E-state index contributed by atoms with van der Waals surface area (Å²) in [4.78, 5) is 25.4. The molecule has 0 fully saturated rings. The fourth-order valence-corrected chi connectivity index (χ4v) is 3.28. The number of aliphatic hydroxyl groups is 1. The molecule has 6 nitrogen and oxygen atoms in total. The maximum absolute atomic E-state index is 12.9. The van der Waals surface area contributed by atoms with Crippen molar-refractivity contribution in [3.63, 3.8) is 0 Å². The Labute approximate surface area is 149 Å². The van der Waals surface area contributed by atoms with E-state index in [1.54, 1.807) is 7.05 Å². The van der Waals surface area contributed by atoms with Gasteiger partial charge in [0.15, 0.2) is 0 Å². The molecule has 0 bridgehead atoms. The lowest BCUT2D eigenvalue weighted by molar-refractivity contribution is 0.277. The zero-order chi connectivity index (χ0) is 18.1. The molecule has 0 aliphatic carbocycles. The average molecular weight is 362 g/mol. The third-order valence-corrected chi connectivity index (χ3v) is 4.59. The van der Waals surface area contributed by atoms with Gasteiger partial charge in [-0.1, -0.05) is 23.7 Å². The summed E-state index contributed by atoms with van der Waals surface area (Å²) in [5.41, 5.74) is 2.33. The third kappa shape index (κ3) is 3.15. The summed E-state index contributed by atoms with van der Waals surface area (Å²) in [6.07, 6.45) is 2.24. The molecule has 25 heavy (non-hydrogen) atoms. The van der Waals surface area contributed by atoms with Gasteiger partial charge in [-0.05, 0) is 36.6 Å². The summed E-state index contributed by atoms with van der Waals surface area (Å²) in [5.74, 6) is 0. The molecule has 0 spiro atoms. The van der Waals surface area contributed by atoms with Gasteiger partial charge in [0.25, 0.3) is 5.56 Å². The predicted molar refractivity (Wildman–Crippen MR) is 98.4 cm³/mol. The van der Waals surface area contributed by atoms with Crippen LogP contribution in [0.4, 0.5) is 0 Å². The minimum Gasteiger partial charge on any atom is -0.396 e. The molecule has 7 heteroatoms. The first kappa shape index (κ1) is 17.5. The summed E-state index contributed by atoms with van der Waals surface area (Å²) >= 11 is 5.93. The van der Waals surface area contributed by atoms with Crippen molar-refractivity contribution in [1.29, 1.82) is 0 Å². The van der Waals surface area contributed by atoms with Gasteiger partial charge < -0.3 is 9.67 Å². The molecule has 2 aromatic heterocycles. The van der Waals surface area contributed by atoms with Crippen LogP contribution in [0, 0.1) is 6.92 Å². The first-order chi connectivity index (χ1) is 11.9. The number of hydrogen-bond donors (Lipinski definition) is 1. The number of rotatable bonds is 5. The highest BCUT2D eigenvalue weighted by Gasteiger charge is 2.17. The maximum Gasteiger partial charge on any atom is 0.331 e. The maximum atomic E-state index is 12.9. The predicted octanol–water partition coefficient (Wildman–Crippen LogP) is 1.89. The first-order valence-electron chi connectivity index (χ1n) is 8.08. The zero-order valence-electron chi connectivity index (χ0n) is 14.2. The largest absolute Gasteiger partial charge is 0.396 e. The smallest absolute Gasteiger partial charge is 0.331 e. The number of halogens is 1. The molecule has 2 heterocycles. The van der Waals surface area contributed by atoms with Crippen LogP contribution in [0.15, 0.2) is 40.1 Å². The van der Waals surface area contributed by atoms with Crippen molar-refractivity contribution < 1.29 is 5.11 Å². The van der Waals surface area contributed by atoms with E-state index < -0.39 is 0 Å². The van der Waals surface area contributed by atoms with Gasteiger partial charge in [0.05, 0.1) is 5.52 Å². The fraction of sp³-hybridized carbons (Fsp3) is 0.333. The van der Waals surface area contributed by atoms with Crippen LogP contribution in [0.2, 0.25) is 5.02 Å². The van der Waals surface area contributed by atoms with E-state index in [2.05, 4.69) is 0 Å². The molecule has 132 valence electrons. The first-order valence-corrected chi connectivity index (χ1v) is 8.46. The Morgan fingerprint density at radius 3 is 2.44 bits per heavy atom. The summed E-state index contributed by atoms with van der Waals surface area (Å²) < 4.78 is 4.56. The molecule has 3 aromatic rings. The highest BCUT2D eigenvalue weighted by atomic mass is 35.5. The molecule has 0 saturated heterocycles. The van der Waals surface area contributed by atoms with Crippen molar-refractivity contribution in [3.05, 3.63) is 67.4 Å². The Morgan fingerprint density at radius 1 is 1.12 bits per heavy atom. The second kappa shape index (κ2) is 6.90. The van der Waals surface area contributed by atoms with Gasteiger partial charge in [0.1, 0.15) is 5.52 Å². The molecule has 0 unspecified atom stereocenters.